The number of alkyl halides is 6. The topological polar surface area (TPSA) is 56.7 Å². The molecular formula is C29H27Cl2F6N3O2. The highest BCUT2D eigenvalue weighted by Crippen LogP contribution is 2.42. The first-order valence-corrected chi connectivity index (χ1v) is 13.6. The quantitative estimate of drug-likeness (QED) is 0.280. The minimum atomic E-state index is -5.07. The molecule has 13 heteroatoms. The van der Waals surface area contributed by atoms with Gasteiger partial charge in [0.1, 0.15) is 5.82 Å². The number of pyridine rings is 1. The van der Waals surface area contributed by atoms with Gasteiger partial charge in [-0.25, -0.2) is 4.98 Å². The van der Waals surface area contributed by atoms with E-state index < -0.39 is 40.4 Å². The van der Waals surface area contributed by atoms with Crippen molar-refractivity contribution < 1.29 is 36.2 Å². The number of likely N-dealkylation sites (N-methyl/N-ethyl adjacent to an activating group) is 1. The van der Waals surface area contributed by atoms with E-state index in [1.807, 2.05) is 4.90 Å². The molecule has 1 N–H and O–H groups in total. The largest absolute Gasteiger partial charge is 0.416 e. The molecule has 42 heavy (non-hydrogen) atoms. The Labute approximate surface area is 248 Å². The van der Waals surface area contributed by atoms with E-state index in [-0.39, 0.29) is 34.4 Å². The number of nitrogens with zero attached hydrogens (tertiary/aromatic N) is 3. The molecule has 1 aromatic heterocycles. The van der Waals surface area contributed by atoms with Crippen molar-refractivity contribution in [3.05, 3.63) is 75.4 Å². The lowest BCUT2D eigenvalue weighted by atomic mass is 9.81. The summed E-state index contributed by atoms with van der Waals surface area (Å²) in [5, 5.41) is 10.3. The van der Waals surface area contributed by atoms with Crippen LogP contribution in [0.3, 0.4) is 0 Å². The van der Waals surface area contributed by atoms with Crippen LogP contribution in [-0.2, 0) is 22.6 Å². The van der Waals surface area contributed by atoms with Crippen LogP contribution in [-0.4, -0.2) is 42.2 Å². The Kier molecular flexibility index (Phi) is 8.79. The number of carbonyl (C=O) groups excluding carboxylic acids is 1. The van der Waals surface area contributed by atoms with Crippen molar-refractivity contribution in [2.75, 3.05) is 30.0 Å². The molecule has 226 valence electrons. The number of aliphatic hydroxyl groups is 1. The van der Waals surface area contributed by atoms with Gasteiger partial charge in [0, 0.05) is 19.2 Å². The fourth-order valence-electron chi connectivity index (χ4n) is 5.05. The Morgan fingerprint density at radius 3 is 2.12 bits per heavy atom. The van der Waals surface area contributed by atoms with Gasteiger partial charge in [0.05, 0.1) is 51.1 Å². The smallest absolute Gasteiger partial charge is 0.394 e. The molecule has 1 amide bonds. The van der Waals surface area contributed by atoms with Gasteiger partial charge in [-0.15, -0.1) is 0 Å². The number of rotatable bonds is 6. The third kappa shape index (κ3) is 6.33. The third-order valence-electron chi connectivity index (χ3n) is 7.49. The maximum absolute atomic E-state index is 13.9. The second kappa shape index (κ2) is 11.6. The number of carbonyl (C=O) groups is 1. The van der Waals surface area contributed by atoms with Crippen molar-refractivity contribution in [1.82, 2.24) is 4.98 Å². The second-order valence-electron chi connectivity index (χ2n) is 10.6. The molecule has 1 aliphatic heterocycles. The summed E-state index contributed by atoms with van der Waals surface area (Å²) in [6.07, 6.45) is -7.14. The summed E-state index contributed by atoms with van der Waals surface area (Å²) in [5.41, 5.74) is -4.05. The maximum atomic E-state index is 13.9. The van der Waals surface area contributed by atoms with Gasteiger partial charge in [0.25, 0.3) is 0 Å². The number of aromatic nitrogens is 1. The van der Waals surface area contributed by atoms with E-state index in [0.717, 1.165) is 17.7 Å². The Morgan fingerprint density at radius 2 is 1.57 bits per heavy atom. The van der Waals surface area contributed by atoms with Crippen molar-refractivity contribution >= 4 is 40.6 Å². The van der Waals surface area contributed by atoms with E-state index in [9.17, 15) is 36.2 Å². The van der Waals surface area contributed by atoms with Crippen LogP contribution in [0.25, 0.3) is 11.1 Å². The molecular weight excluding hydrogens is 607 g/mol. The highest BCUT2D eigenvalue weighted by molar-refractivity contribution is 6.42. The molecule has 0 unspecified atom stereocenters. The van der Waals surface area contributed by atoms with Crippen LogP contribution >= 0.6 is 23.2 Å². The molecule has 0 radical (unpaired) electrons. The molecule has 1 saturated heterocycles. The predicted molar refractivity (Wildman–Crippen MR) is 150 cm³/mol. The van der Waals surface area contributed by atoms with E-state index in [1.54, 1.807) is 24.3 Å². The number of hydrogen-bond donors (Lipinski definition) is 1. The highest BCUT2D eigenvalue weighted by atomic mass is 35.5. The number of anilines is 2. The first-order chi connectivity index (χ1) is 19.4. The Bertz CT molecular complexity index is 1460. The minimum absolute atomic E-state index is 0.0246. The molecule has 1 atom stereocenters. The maximum Gasteiger partial charge on any atom is 0.416 e. The van der Waals surface area contributed by atoms with E-state index in [0.29, 0.717) is 35.6 Å². The summed E-state index contributed by atoms with van der Waals surface area (Å²) >= 11 is 12.4. The lowest BCUT2D eigenvalue weighted by Gasteiger charge is -2.32. The molecule has 5 nitrogen and oxygen atoms in total. The van der Waals surface area contributed by atoms with Gasteiger partial charge < -0.3 is 14.9 Å². The van der Waals surface area contributed by atoms with Crippen molar-refractivity contribution in [3.63, 3.8) is 0 Å². The number of hydrogen-bond acceptors (Lipinski definition) is 4. The van der Waals surface area contributed by atoms with Crippen LogP contribution in [0.1, 0.15) is 43.4 Å². The first-order valence-electron chi connectivity index (χ1n) is 12.9. The zero-order valence-corrected chi connectivity index (χ0v) is 24.3. The number of aliphatic hydroxyl groups excluding tert-OH is 1. The Morgan fingerprint density at radius 1 is 0.976 bits per heavy atom. The first kappa shape index (κ1) is 31.9. The lowest BCUT2D eigenvalue weighted by Crippen LogP contribution is -2.42. The van der Waals surface area contributed by atoms with Crippen molar-refractivity contribution in [2.45, 2.75) is 50.5 Å². The lowest BCUT2D eigenvalue weighted by molar-refractivity contribution is -0.143. The Balaban J connectivity index is 1.82. The van der Waals surface area contributed by atoms with Crippen LogP contribution in [0.5, 0.6) is 0 Å². The fourth-order valence-corrected chi connectivity index (χ4v) is 5.35. The van der Waals surface area contributed by atoms with Crippen molar-refractivity contribution in [2.24, 2.45) is 0 Å². The third-order valence-corrected chi connectivity index (χ3v) is 8.23. The summed E-state index contributed by atoms with van der Waals surface area (Å²) in [6, 6.07) is 7.48. The van der Waals surface area contributed by atoms with Gasteiger partial charge >= 0.3 is 12.4 Å². The van der Waals surface area contributed by atoms with E-state index in [1.165, 1.54) is 27.1 Å². The normalized spacial score (nSPS) is 16.2. The fraction of sp³-hybridized carbons (Fsp3) is 0.379. The molecule has 1 fully saturated rings. The molecule has 1 aliphatic rings. The van der Waals surface area contributed by atoms with Gasteiger partial charge in [-0.2, -0.15) is 26.3 Å². The second-order valence-corrected chi connectivity index (χ2v) is 11.5. The van der Waals surface area contributed by atoms with E-state index in [4.69, 9.17) is 23.2 Å². The standard InChI is InChI=1S/C29H27Cl2F6N3O2/c1-27(2,17-10-18(28(32,33)34)12-19(11-17)29(35,36)37)26(42)39(3)24-14-38-25(40-8-4-5-20(40)15-41)13-21(24)16-6-7-22(30)23(31)9-16/h6-7,9-14,20,41H,4-5,8,15H2,1-3H3/t20-/m0/s1. The average Bonchev–Trinajstić information content (AvgIpc) is 3.41. The highest BCUT2D eigenvalue weighted by Gasteiger charge is 2.41. The summed E-state index contributed by atoms with van der Waals surface area (Å²) in [6.45, 7) is 3.07. The molecule has 2 aromatic carbocycles. The molecule has 0 aliphatic carbocycles. The van der Waals surface area contributed by atoms with Crippen LogP contribution in [0.4, 0.5) is 37.8 Å². The molecule has 4 rings (SSSR count). The SMILES string of the molecule is CN(C(=O)C(C)(C)c1cc(C(F)(F)F)cc(C(F)(F)F)c1)c1cnc(N2CCC[C@H]2CO)cc1-c1ccc(Cl)c(Cl)c1. The molecule has 2 heterocycles. The molecule has 3 aromatic rings. The summed E-state index contributed by atoms with van der Waals surface area (Å²) in [5.74, 6) is -0.260. The van der Waals surface area contributed by atoms with Crippen LogP contribution in [0.2, 0.25) is 10.0 Å². The number of amides is 1. The van der Waals surface area contributed by atoms with E-state index in [2.05, 4.69) is 4.98 Å². The van der Waals surface area contributed by atoms with Gasteiger partial charge in [0.15, 0.2) is 0 Å². The molecule has 0 bridgehead atoms. The van der Waals surface area contributed by atoms with Crippen LogP contribution in [0, 0.1) is 0 Å². The van der Waals surface area contributed by atoms with E-state index >= 15 is 0 Å². The van der Waals surface area contributed by atoms with Crippen molar-refractivity contribution in [1.29, 1.82) is 0 Å². The summed E-state index contributed by atoms with van der Waals surface area (Å²) in [7, 11) is 1.37. The number of halogens is 8. The van der Waals surface area contributed by atoms with Gasteiger partial charge in [-0.3, -0.25) is 4.79 Å². The van der Waals surface area contributed by atoms with Gasteiger partial charge in [0.2, 0.25) is 5.91 Å². The monoisotopic (exact) mass is 633 g/mol. The molecule has 0 saturated carbocycles. The van der Waals surface area contributed by atoms with Crippen molar-refractivity contribution in [3.8, 4) is 11.1 Å². The van der Waals surface area contributed by atoms with Crippen LogP contribution in [0.15, 0.2) is 48.7 Å². The Hall–Kier alpha value is -3.02. The van der Waals surface area contributed by atoms with Gasteiger partial charge in [-0.05, 0) is 74.2 Å². The summed E-state index contributed by atoms with van der Waals surface area (Å²) in [4.78, 5) is 21.5. The average molecular weight is 634 g/mol. The van der Waals surface area contributed by atoms with Gasteiger partial charge in [-0.1, -0.05) is 29.3 Å². The predicted octanol–water partition coefficient (Wildman–Crippen LogP) is 7.99. The zero-order chi connectivity index (χ0) is 31.2. The number of benzene rings is 2. The molecule has 0 spiro atoms. The van der Waals surface area contributed by atoms with Crippen LogP contribution < -0.4 is 9.80 Å². The summed E-state index contributed by atoms with van der Waals surface area (Å²) < 4.78 is 81.4. The zero-order valence-electron chi connectivity index (χ0n) is 22.7. The minimum Gasteiger partial charge on any atom is -0.394 e.